The molecule has 0 amide bonds. The summed E-state index contributed by atoms with van der Waals surface area (Å²) in [4.78, 5) is -0.599. The van der Waals surface area contributed by atoms with Gasteiger partial charge in [-0.2, -0.15) is 0 Å². The van der Waals surface area contributed by atoms with Crippen molar-refractivity contribution in [2.24, 2.45) is 0 Å². The van der Waals surface area contributed by atoms with Crippen molar-refractivity contribution < 1.29 is 16.8 Å². The molecule has 0 unspecified atom stereocenters. The first-order chi connectivity index (χ1) is 10.5. The van der Waals surface area contributed by atoms with E-state index < -0.39 is 22.7 Å². The maximum absolute atomic E-state index is 12.6. The first-order valence-electron chi connectivity index (χ1n) is 5.88. The van der Waals surface area contributed by atoms with Crippen molar-refractivity contribution in [2.45, 2.75) is 12.8 Å². The molecule has 0 radical (unpaired) electrons. The van der Waals surface area contributed by atoms with Gasteiger partial charge in [0.2, 0.25) is 19.7 Å². The van der Waals surface area contributed by atoms with Gasteiger partial charge in [0.05, 0.1) is 9.79 Å². The molecule has 0 atom stereocenters. The van der Waals surface area contributed by atoms with Crippen molar-refractivity contribution in [3.63, 3.8) is 0 Å². The van der Waals surface area contributed by atoms with Gasteiger partial charge < -0.3 is 0 Å². The Balaban J connectivity index is 2.59. The van der Waals surface area contributed by atoms with E-state index in [1.165, 1.54) is 48.5 Å². The van der Waals surface area contributed by atoms with Gasteiger partial charge in [0, 0.05) is 8.95 Å². The molecular weight excluding hydrogens is 515 g/mol. The Morgan fingerprint density at radius 2 is 0.913 bits per heavy atom. The molecule has 0 fully saturated rings. The summed E-state index contributed by atoms with van der Waals surface area (Å²) in [5.41, 5.74) is 0. The zero-order valence-corrected chi connectivity index (χ0v) is 17.4. The third-order valence-electron chi connectivity index (χ3n) is 2.87. The summed E-state index contributed by atoms with van der Waals surface area (Å²) in [5.74, 6) is 0. The minimum absolute atomic E-state index is 0.300. The Kier molecular flexibility index (Phi) is 5.55. The summed E-state index contributed by atoms with van der Waals surface area (Å²) in [6.07, 6.45) is 0. The maximum atomic E-state index is 12.6. The van der Waals surface area contributed by atoms with Gasteiger partial charge in [-0.1, -0.05) is 55.1 Å². The fourth-order valence-electron chi connectivity index (χ4n) is 1.65. The lowest BCUT2D eigenvalue weighted by atomic mass is 10.4. The molecule has 23 heavy (non-hydrogen) atoms. The van der Waals surface area contributed by atoms with E-state index in [0.29, 0.717) is 8.95 Å². The van der Waals surface area contributed by atoms with Crippen molar-refractivity contribution in [3.05, 3.63) is 57.5 Å². The summed E-state index contributed by atoms with van der Waals surface area (Å²) in [5, 5.41) is 0. The van der Waals surface area contributed by atoms with Crippen molar-refractivity contribution in [3.8, 4) is 0 Å². The van der Waals surface area contributed by atoms with Crippen LogP contribution in [-0.4, -0.2) is 19.8 Å². The molecule has 0 bridgehead atoms. The molecule has 0 aromatic heterocycles. The highest BCUT2D eigenvalue weighted by molar-refractivity contribution is 9.10. The summed E-state index contributed by atoms with van der Waals surface area (Å²) in [6, 6.07) is 10.7. The van der Waals surface area contributed by atoms with Crippen LogP contribution in [0, 0.1) is 0 Å². The van der Waals surface area contributed by atoms with Gasteiger partial charge in [0.25, 0.3) is 0 Å². The largest absolute Gasteiger partial charge is 0.327 e. The minimum atomic E-state index is -4.56. The molecule has 2 aromatic carbocycles. The maximum Gasteiger partial charge on any atom is 0.327 e. The topological polar surface area (TPSA) is 68.3 Å². The molecule has 0 saturated carbocycles. The highest BCUT2D eigenvalue weighted by Crippen LogP contribution is 2.42. The lowest BCUT2D eigenvalue weighted by molar-refractivity contribution is 0.581. The fraction of sp³-hybridized carbons (Fsp3) is 0.0769. The van der Waals surface area contributed by atoms with E-state index in [-0.39, 0.29) is 9.79 Å². The van der Waals surface area contributed by atoms with Crippen LogP contribution in [-0.2, 0) is 19.7 Å². The Hall–Kier alpha value is -0.120. The van der Waals surface area contributed by atoms with Crippen LogP contribution in [0.1, 0.15) is 0 Å². The van der Waals surface area contributed by atoms with Crippen molar-refractivity contribution in [2.75, 3.05) is 0 Å². The van der Waals surface area contributed by atoms with Gasteiger partial charge >= 0.3 is 3.00 Å². The zero-order valence-electron chi connectivity index (χ0n) is 11.1. The molecule has 2 rings (SSSR count). The number of halogens is 4. The van der Waals surface area contributed by atoms with Crippen molar-refractivity contribution in [1.29, 1.82) is 0 Å². The third kappa shape index (κ3) is 3.48. The lowest BCUT2D eigenvalue weighted by Crippen LogP contribution is -2.35. The van der Waals surface area contributed by atoms with Crippen molar-refractivity contribution >= 4 is 74.7 Å². The minimum Gasteiger partial charge on any atom is -0.219 e. The standard InChI is InChI=1S/C13H8Br2Cl2O4S2/c14-9-1-5-11(6-2-9)22(18,19)13(16,17)23(20,21)12-7-3-10(15)4-8-12/h1-8H. The summed E-state index contributed by atoms with van der Waals surface area (Å²) in [6.45, 7) is 0. The summed E-state index contributed by atoms with van der Waals surface area (Å²) < 4.78 is 48.5. The molecule has 124 valence electrons. The quantitative estimate of drug-likeness (QED) is 0.552. The SMILES string of the molecule is O=S(=O)(c1ccc(Br)cc1)C(Cl)(Cl)S(=O)(=O)c1ccc(Br)cc1. The number of hydrogen-bond donors (Lipinski definition) is 0. The Bertz CT molecular complexity index is 845. The second kappa shape index (κ2) is 6.65. The van der Waals surface area contributed by atoms with Gasteiger partial charge in [-0.3, -0.25) is 0 Å². The van der Waals surface area contributed by atoms with Crippen LogP contribution in [0.2, 0.25) is 0 Å². The van der Waals surface area contributed by atoms with Crippen LogP contribution in [0.25, 0.3) is 0 Å². The highest BCUT2D eigenvalue weighted by Gasteiger charge is 2.54. The van der Waals surface area contributed by atoms with Crippen LogP contribution >= 0.6 is 55.1 Å². The average molecular weight is 523 g/mol. The van der Waals surface area contributed by atoms with Gasteiger partial charge in [-0.05, 0) is 48.5 Å². The molecule has 0 aliphatic rings. The number of hydrogen-bond acceptors (Lipinski definition) is 4. The van der Waals surface area contributed by atoms with Gasteiger partial charge in [0.1, 0.15) is 0 Å². The summed E-state index contributed by atoms with van der Waals surface area (Å²) >= 11 is 18.0. The van der Waals surface area contributed by atoms with Crippen LogP contribution < -0.4 is 0 Å². The molecule has 0 spiro atoms. The smallest absolute Gasteiger partial charge is 0.219 e. The number of sulfone groups is 2. The van der Waals surface area contributed by atoms with Crippen LogP contribution in [0.5, 0.6) is 0 Å². The Morgan fingerprint density at radius 1 is 0.652 bits per heavy atom. The second-order valence-electron chi connectivity index (χ2n) is 4.38. The molecule has 0 N–H and O–H groups in total. The molecule has 0 aliphatic heterocycles. The van der Waals surface area contributed by atoms with Gasteiger partial charge in [0.15, 0.2) is 0 Å². The molecule has 0 aliphatic carbocycles. The van der Waals surface area contributed by atoms with Crippen LogP contribution in [0.3, 0.4) is 0 Å². The Labute approximate surface area is 160 Å². The highest BCUT2D eigenvalue weighted by atomic mass is 79.9. The molecule has 10 heteroatoms. The first kappa shape index (κ1) is 19.2. The summed E-state index contributed by atoms with van der Waals surface area (Å²) in [7, 11) is -9.12. The molecule has 0 heterocycles. The van der Waals surface area contributed by atoms with Gasteiger partial charge in [-0.15, -0.1) is 0 Å². The van der Waals surface area contributed by atoms with Crippen molar-refractivity contribution in [1.82, 2.24) is 0 Å². The van der Waals surface area contributed by atoms with E-state index >= 15 is 0 Å². The molecule has 4 nitrogen and oxygen atoms in total. The lowest BCUT2D eigenvalue weighted by Gasteiger charge is -2.20. The van der Waals surface area contributed by atoms with E-state index in [9.17, 15) is 16.8 Å². The third-order valence-corrected chi connectivity index (χ3v) is 10.7. The average Bonchev–Trinajstić information content (AvgIpc) is 2.47. The van der Waals surface area contributed by atoms with E-state index in [1.807, 2.05) is 0 Å². The number of rotatable bonds is 4. The monoisotopic (exact) mass is 520 g/mol. The Morgan fingerprint density at radius 3 is 1.17 bits per heavy atom. The molecular formula is C13H8Br2Cl2O4S2. The van der Waals surface area contributed by atoms with Gasteiger partial charge in [-0.25, -0.2) is 16.8 Å². The number of alkyl halides is 2. The second-order valence-corrected chi connectivity index (χ2v) is 12.9. The van der Waals surface area contributed by atoms with E-state index in [1.54, 1.807) is 0 Å². The van der Waals surface area contributed by atoms with E-state index in [2.05, 4.69) is 31.9 Å². The first-order valence-corrected chi connectivity index (χ1v) is 11.2. The van der Waals surface area contributed by atoms with E-state index in [0.717, 1.165) is 0 Å². The van der Waals surface area contributed by atoms with Crippen LogP contribution in [0.15, 0.2) is 67.3 Å². The molecule has 2 aromatic rings. The predicted octanol–water partition coefficient (Wildman–Crippen LogP) is 4.55. The predicted molar refractivity (Wildman–Crippen MR) is 97.1 cm³/mol. The zero-order chi connectivity index (χ0) is 17.5. The van der Waals surface area contributed by atoms with E-state index in [4.69, 9.17) is 23.2 Å². The molecule has 0 saturated heterocycles. The normalized spacial score (nSPS) is 13.0. The van der Waals surface area contributed by atoms with Crippen LogP contribution in [0.4, 0.5) is 0 Å². The number of benzene rings is 2. The fourth-order valence-corrected chi connectivity index (χ4v) is 6.51.